The molecule has 23 heteroatoms. The summed E-state index contributed by atoms with van der Waals surface area (Å²) in [5.74, 6) is -6.56. The molecule has 10 amide bonds. The molecule has 5 atom stereocenters. The number of hydrogen-bond acceptors (Lipinski definition) is 13. The third-order valence-corrected chi connectivity index (χ3v) is 17.2. The molecular weight excluding hydrogens is 1100 g/mol. The number of hydrogen-bond donors (Lipinski definition) is 9. The van der Waals surface area contributed by atoms with Crippen molar-refractivity contribution in [2.75, 3.05) is 32.7 Å². The van der Waals surface area contributed by atoms with E-state index in [2.05, 4.69) is 57.7 Å². The molecule has 0 unspecified atom stereocenters. The van der Waals surface area contributed by atoms with Gasteiger partial charge in [0.25, 0.3) is 5.91 Å². The molecule has 2 saturated heterocycles. The minimum Gasteiger partial charge on any atom is -0.448 e. The number of nitrogens with one attached hydrogen (secondary N) is 9. The van der Waals surface area contributed by atoms with Crippen molar-refractivity contribution in [1.82, 2.24) is 62.6 Å². The Labute approximate surface area is 510 Å². The van der Waals surface area contributed by atoms with E-state index in [4.69, 9.17) is 4.42 Å². The van der Waals surface area contributed by atoms with E-state index in [9.17, 15) is 47.9 Å². The predicted octanol–water partition coefficient (Wildman–Crippen LogP) is 4.95. The molecular formula is C63H106N12O11. The lowest BCUT2D eigenvalue weighted by atomic mass is 9.76. The highest BCUT2D eigenvalue weighted by molar-refractivity contribution is 6.03. The van der Waals surface area contributed by atoms with Crippen LogP contribution < -0.4 is 47.9 Å². The van der Waals surface area contributed by atoms with Crippen LogP contribution in [0.2, 0.25) is 0 Å². The zero-order chi connectivity index (χ0) is 63.7. The molecule has 2 aliphatic carbocycles. The summed E-state index contributed by atoms with van der Waals surface area (Å²) >= 11 is 0. The van der Waals surface area contributed by atoms with Crippen LogP contribution in [0, 0.1) is 36.5 Å². The van der Waals surface area contributed by atoms with Gasteiger partial charge in [0, 0.05) is 33.0 Å². The molecule has 4 aliphatic rings. The summed E-state index contributed by atoms with van der Waals surface area (Å²) in [4.78, 5) is 148. The zero-order valence-electron chi connectivity index (χ0n) is 54.1. The van der Waals surface area contributed by atoms with E-state index in [0.29, 0.717) is 37.6 Å². The lowest BCUT2D eigenvalue weighted by Gasteiger charge is -2.46. The van der Waals surface area contributed by atoms with Crippen molar-refractivity contribution < 1.29 is 52.4 Å². The van der Waals surface area contributed by atoms with Crippen LogP contribution in [0.4, 0.5) is 0 Å². The van der Waals surface area contributed by atoms with Gasteiger partial charge in [-0.05, 0) is 155 Å². The third kappa shape index (κ3) is 21.3. The van der Waals surface area contributed by atoms with Crippen molar-refractivity contribution >= 4 is 59.1 Å². The molecule has 2 aliphatic heterocycles. The molecule has 3 heterocycles. The Morgan fingerprint density at radius 2 is 1.14 bits per heavy atom. The maximum Gasteiger partial charge on any atom is 0.277 e. The molecule has 86 heavy (non-hydrogen) atoms. The van der Waals surface area contributed by atoms with Gasteiger partial charge in [-0.15, -0.1) is 0 Å². The van der Waals surface area contributed by atoms with Crippen molar-refractivity contribution in [1.29, 1.82) is 0 Å². The number of aromatic nitrogens is 1. The summed E-state index contributed by atoms with van der Waals surface area (Å²) in [7, 11) is 0. The number of amides is 10. The van der Waals surface area contributed by atoms with Crippen molar-refractivity contribution in [3.8, 4) is 0 Å². The largest absolute Gasteiger partial charge is 0.448 e. The molecule has 0 aromatic carbocycles. The summed E-state index contributed by atoms with van der Waals surface area (Å²) in [6, 6.07) is -3.50. The molecule has 0 radical (unpaired) electrons. The fourth-order valence-corrected chi connectivity index (χ4v) is 12.0. The second kappa shape index (κ2) is 31.7. The summed E-state index contributed by atoms with van der Waals surface area (Å²) < 4.78 is 5.27. The standard InChI is InChI=1S/C63H106N12O11/c1-39(2)34-45(53(79)67-47(36-41(5)6)55(81)72-62(12,13)59(85)73-60(8,9)57(83)64-30-27-50(76)70-63(28-21-29-63)38-74-31-18-15-19-32-74)68-58(84)61(10,11)71-54(80)46(35-40(3)4)66-51(77)44(26-25-43-22-16-14-17-23-43)52(78)69-49-24-20-33-75(49)56(82)48-37-86-42(7)65-48/h37,39-41,43-47,49H,14-36,38H2,1-13H3,(H,64,83)(H,66,77)(H,67,79)(H,68,84)(H,69,78)(H,70,76)(H,71,80)(H,72,81)(H,73,85)/t44-,45-,46-,47-,49-/m0/s1. The van der Waals surface area contributed by atoms with Gasteiger partial charge in [0.15, 0.2) is 11.6 Å². The number of aryl methyl sites for hydroxylation is 1. The van der Waals surface area contributed by atoms with Gasteiger partial charge in [-0.2, -0.15) is 0 Å². The van der Waals surface area contributed by atoms with Crippen molar-refractivity contribution in [2.24, 2.45) is 29.6 Å². The van der Waals surface area contributed by atoms with Gasteiger partial charge in [-0.25, -0.2) is 4.98 Å². The Morgan fingerprint density at radius 1 is 0.605 bits per heavy atom. The molecule has 4 fully saturated rings. The van der Waals surface area contributed by atoms with E-state index in [0.717, 1.165) is 71.0 Å². The average molecular weight is 1210 g/mol. The number of carbonyl (C=O) groups excluding carboxylic acids is 10. The van der Waals surface area contributed by atoms with E-state index in [1.807, 2.05) is 41.5 Å². The van der Waals surface area contributed by atoms with Crippen LogP contribution in [0.5, 0.6) is 0 Å². The number of nitrogens with zero attached hydrogens (tertiary/aromatic N) is 3. The highest BCUT2D eigenvalue weighted by atomic mass is 16.3. The Bertz CT molecular complexity index is 2510. The molecule has 2 saturated carbocycles. The fourth-order valence-electron chi connectivity index (χ4n) is 12.0. The quantitative estimate of drug-likeness (QED) is 0.0446. The molecule has 484 valence electrons. The lowest BCUT2D eigenvalue weighted by Crippen LogP contribution is -2.65. The molecule has 0 spiro atoms. The van der Waals surface area contributed by atoms with E-state index in [-0.39, 0.29) is 73.5 Å². The minimum absolute atomic E-state index is 0.0624. The number of likely N-dealkylation sites (tertiary alicyclic amines) is 2. The first kappa shape index (κ1) is 70.6. The Kier molecular flexibility index (Phi) is 26.0. The molecule has 0 bridgehead atoms. The van der Waals surface area contributed by atoms with Gasteiger partial charge in [-0.3, -0.25) is 47.9 Å². The highest BCUT2D eigenvalue weighted by Crippen LogP contribution is 2.34. The Morgan fingerprint density at radius 3 is 1.67 bits per heavy atom. The summed E-state index contributed by atoms with van der Waals surface area (Å²) in [5.41, 5.74) is -4.79. The van der Waals surface area contributed by atoms with E-state index in [1.54, 1.807) is 6.92 Å². The van der Waals surface area contributed by atoms with Gasteiger partial charge in [-0.1, -0.05) is 80.1 Å². The summed E-state index contributed by atoms with van der Waals surface area (Å²) in [6.45, 7) is 25.2. The summed E-state index contributed by atoms with van der Waals surface area (Å²) in [6.07, 6.45) is 14.8. The second-order valence-electron chi connectivity index (χ2n) is 27.9. The summed E-state index contributed by atoms with van der Waals surface area (Å²) in [5, 5.41) is 25.7. The zero-order valence-corrected chi connectivity index (χ0v) is 54.1. The van der Waals surface area contributed by atoms with Gasteiger partial charge < -0.3 is 62.1 Å². The molecule has 5 rings (SSSR count). The molecule has 1 aromatic rings. The van der Waals surface area contributed by atoms with Crippen LogP contribution in [-0.4, -0.2) is 153 Å². The van der Waals surface area contributed by atoms with Crippen molar-refractivity contribution in [3.05, 3.63) is 17.8 Å². The first-order valence-corrected chi connectivity index (χ1v) is 32.0. The van der Waals surface area contributed by atoms with Gasteiger partial charge in [0.2, 0.25) is 53.2 Å². The van der Waals surface area contributed by atoms with Crippen molar-refractivity contribution in [2.45, 2.75) is 258 Å². The van der Waals surface area contributed by atoms with Gasteiger partial charge >= 0.3 is 0 Å². The first-order chi connectivity index (χ1) is 40.3. The number of carbonyl (C=O) groups is 10. The third-order valence-electron chi connectivity index (χ3n) is 17.2. The first-order valence-electron chi connectivity index (χ1n) is 32.0. The molecule has 9 N–H and O–H groups in total. The Hall–Kier alpha value is -6.13. The minimum atomic E-state index is -1.65. The topological polar surface area (TPSA) is 311 Å². The SMILES string of the molecule is Cc1nc(C(=O)N2CCC[C@H]2NC(=O)[C@@H](CCC2CCCCC2)C(=O)N[C@@H](CC(C)C)C(=O)NC(C)(C)C(=O)N[C@@H](CC(C)C)C(=O)N[C@@H](CC(C)C)C(=O)NC(C)(C)C(=O)NC(C)(C)C(=O)NCCC(=O)NC2(CN3CCCCC3)CCC2)co1. The van der Waals surface area contributed by atoms with E-state index < -0.39 is 100.0 Å². The molecule has 1 aromatic heterocycles. The van der Waals surface area contributed by atoms with Crippen LogP contribution >= 0.6 is 0 Å². The van der Waals surface area contributed by atoms with Crippen LogP contribution in [0.3, 0.4) is 0 Å². The van der Waals surface area contributed by atoms with E-state index >= 15 is 0 Å². The number of piperidine rings is 1. The number of rotatable bonds is 31. The lowest BCUT2D eigenvalue weighted by molar-refractivity contribution is -0.140. The number of oxazole rings is 1. The van der Waals surface area contributed by atoms with Gasteiger partial charge in [0.05, 0.1) is 5.54 Å². The highest BCUT2D eigenvalue weighted by Gasteiger charge is 2.43. The Balaban J connectivity index is 1.19. The van der Waals surface area contributed by atoms with Crippen LogP contribution in [0.25, 0.3) is 0 Å². The maximum atomic E-state index is 14.5. The van der Waals surface area contributed by atoms with Crippen LogP contribution in [0.15, 0.2) is 10.7 Å². The van der Waals surface area contributed by atoms with Crippen LogP contribution in [-0.2, 0) is 43.2 Å². The second-order valence-corrected chi connectivity index (χ2v) is 27.9. The van der Waals surface area contributed by atoms with Crippen LogP contribution in [0.1, 0.15) is 221 Å². The average Bonchev–Trinajstić information content (AvgIpc) is 3.93. The monoisotopic (exact) mass is 1210 g/mol. The maximum absolute atomic E-state index is 14.5. The smallest absolute Gasteiger partial charge is 0.277 e. The normalized spacial score (nSPS) is 19.1. The van der Waals surface area contributed by atoms with E-state index in [1.165, 1.54) is 72.0 Å². The van der Waals surface area contributed by atoms with Gasteiger partial charge in [0.1, 0.15) is 53.1 Å². The fraction of sp³-hybridized carbons (Fsp3) is 0.794. The van der Waals surface area contributed by atoms with Crippen molar-refractivity contribution in [3.63, 3.8) is 0 Å². The molecule has 23 nitrogen and oxygen atoms in total. The predicted molar refractivity (Wildman–Crippen MR) is 326 cm³/mol.